The number of amides is 1. The maximum Gasteiger partial charge on any atom is 0.337 e. The SMILES string of the molecule is CNC(=O)c1ccc(CN2CCc3cc(Br)ccc32)cc1.COC(=O)c1ccc(CN2CCc3cc(Br)ccc32)cc1. The maximum atomic E-state index is 11.5. The van der Waals surface area contributed by atoms with Gasteiger partial charge in [-0.15, -0.1) is 0 Å². The normalized spacial score (nSPS) is 13.1. The molecule has 1 N–H and O–H groups in total. The van der Waals surface area contributed by atoms with Crippen LogP contribution in [0.15, 0.2) is 93.9 Å². The van der Waals surface area contributed by atoms with E-state index in [1.165, 1.54) is 40.7 Å². The maximum absolute atomic E-state index is 11.5. The van der Waals surface area contributed by atoms with E-state index in [1.54, 1.807) is 7.05 Å². The van der Waals surface area contributed by atoms with Crippen LogP contribution in [0.1, 0.15) is 43.0 Å². The second kappa shape index (κ2) is 13.6. The summed E-state index contributed by atoms with van der Waals surface area (Å²) in [6, 6.07) is 28.3. The summed E-state index contributed by atoms with van der Waals surface area (Å²) in [5.74, 6) is -0.337. The summed E-state index contributed by atoms with van der Waals surface area (Å²) in [7, 11) is 3.05. The van der Waals surface area contributed by atoms with E-state index in [2.05, 4.69) is 83.4 Å². The lowest BCUT2D eigenvalue weighted by atomic mass is 10.1. The van der Waals surface area contributed by atoms with E-state index in [1.807, 2.05) is 48.5 Å². The van der Waals surface area contributed by atoms with E-state index in [0.29, 0.717) is 11.1 Å². The molecule has 0 radical (unpaired) electrons. The van der Waals surface area contributed by atoms with Gasteiger partial charge in [0.1, 0.15) is 0 Å². The largest absolute Gasteiger partial charge is 0.465 e. The standard InChI is InChI=1S/C17H17BrN2O.C17H16BrNO2/c1-19-17(21)13-4-2-12(3-5-13)11-20-9-8-14-10-15(18)6-7-16(14)20;1-21-17(20)13-4-2-12(3-5-13)11-19-9-8-14-10-15(18)6-7-16(14)19/h2-7,10H,8-9,11H2,1H3,(H,19,21);2-7,10H,8-9,11H2,1H3. The van der Waals surface area contributed by atoms with Gasteiger partial charge < -0.3 is 19.9 Å². The molecular weight excluding hydrogens is 658 g/mol. The second-order valence-corrected chi connectivity index (χ2v) is 12.2. The van der Waals surface area contributed by atoms with Crippen LogP contribution in [0.4, 0.5) is 11.4 Å². The minimum atomic E-state index is -0.294. The summed E-state index contributed by atoms with van der Waals surface area (Å²) in [6.07, 6.45) is 2.17. The van der Waals surface area contributed by atoms with Gasteiger partial charge in [-0.3, -0.25) is 4.79 Å². The summed E-state index contributed by atoms with van der Waals surface area (Å²) < 4.78 is 6.98. The van der Waals surface area contributed by atoms with Crippen LogP contribution in [0.2, 0.25) is 0 Å². The van der Waals surface area contributed by atoms with Crippen molar-refractivity contribution >= 4 is 55.1 Å². The average Bonchev–Trinajstić information content (AvgIpc) is 3.60. The number of fused-ring (bicyclic) bond motifs is 2. The predicted octanol–water partition coefficient (Wildman–Crippen LogP) is 7.17. The molecule has 4 aromatic rings. The molecule has 1 amide bonds. The summed E-state index contributed by atoms with van der Waals surface area (Å²) >= 11 is 7.04. The number of benzene rings is 4. The van der Waals surface area contributed by atoms with Crippen molar-refractivity contribution in [2.24, 2.45) is 0 Å². The molecule has 0 fully saturated rings. The Balaban J connectivity index is 0.000000168. The number of hydrogen-bond donors (Lipinski definition) is 1. The van der Waals surface area contributed by atoms with Crippen molar-refractivity contribution in [1.82, 2.24) is 5.32 Å². The van der Waals surface area contributed by atoms with Crippen LogP contribution in [0.5, 0.6) is 0 Å². The number of methoxy groups -OCH3 is 1. The van der Waals surface area contributed by atoms with Gasteiger partial charge in [0.2, 0.25) is 0 Å². The molecular formula is C34H33Br2N3O3. The number of nitrogens with zero attached hydrogens (tertiary/aromatic N) is 2. The number of halogens is 2. The topological polar surface area (TPSA) is 61.9 Å². The number of hydrogen-bond acceptors (Lipinski definition) is 5. The van der Waals surface area contributed by atoms with E-state index in [-0.39, 0.29) is 11.9 Å². The molecule has 0 saturated heterocycles. The van der Waals surface area contributed by atoms with Gasteiger partial charge in [0.15, 0.2) is 0 Å². The molecule has 0 saturated carbocycles. The average molecular weight is 691 g/mol. The Morgan fingerprint density at radius 2 is 1.17 bits per heavy atom. The van der Waals surface area contributed by atoms with Gasteiger partial charge in [0, 0.05) is 59.1 Å². The molecule has 2 aliphatic rings. The first-order valence-corrected chi connectivity index (χ1v) is 15.5. The molecule has 0 bridgehead atoms. The molecule has 6 nitrogen and oxygen atoms in total. The fourth-order valence-electron chi connectivity index (χ4n) is 5.42. The first kappa shape index (κ1) is 29.9. The van der Waals surface area contributed by atoms with Crippen molar-refractivity contribution in [3.63, 3.8) is 0 Å². The molecule has 0 spiro atoms. The van der Waals surface area contributed by atoms with Gasteiger partial charge in [-0.05, 0) is 95.8 Å². The van der Waals surface area contributed by atoms with Crippen LogP contribution in [0.25, 0.3) is 0 Å². The van der Waals surface area contributed by atoms with E-state index >= 15 is 0 Å². The Kier molecular flexibility index (Phi) is 9.65. The van der Waals surface area contributed by atoms with E-state index < -0.39 is 0 Å². The monoisotopic (exact) mass is 689 g/mol. The molecule has 216 valence electrons. The summed E-state index contributed by atoms with van der Waals surface area (Å²) in [4.78, 5) is 27.7. The molecule has 0 unspecified atom stereocenters. The number of carbonyl (C=O) groups is 2. The molecule has 0 aliphatic carbocycles. The van der Waals surface area contributed by atoms with E-state index in [9.17, 15) is 9.59 Å². The molecule has 6 rings (SSSR count). The summed E-state index contributed by atoms with van der Waals surface area (Å²) in [6.45, 7) is 3.81. The molecule has 2 aliphatic heterocycles. The third-order valence-electron chi connectivity index (χ3n) is 7.63. The zero-order chi connectivity index (χ0) is 29.6. The molecule has 0 atom stereocenters. The fraction of sp³-hybridized carbons (Fsp3) is 0.235. The number of esters is 1. The number of anilines is 2. The quantitative estimate of drug-likeness (QED) is 0.218. The second-order valence-electron chi connectivity index (χ2n) is 10.4. The Hall–Kier alpha value is -3.62. The van der Waals surface area contributed by atoms with E-state index in [4.69, 9.17) is 4.74 Å². The predicted molar refractivity (Wildman–Crippen MR) is 175 cm³/mol. The molecule has 2 heterocycles. The highest BCUT2D eigenvalue weighted by Crippen LogP contribution is 2.32. The van der Waals surface area contributed by atoms with Crippen molar-refractivity contribution in [1.29, 1.82) is 0 Å². The van der Waals surface area contributed by atoms with Crippen LogP contribution < -0.4 is 15.1 Å². The fourth-order valence-corrected chi connectivity index (χ4v) is 6.23. The van der Waals surface area contributed by atoms with Crippen LogP contribution in [0.3, 0.4) is 0 Å². The first-order valence-electron chi connectivity index (χ1n) is 13.9. The van der Waals surface area contributed by atoms with Gasteiger partial charge in [0.25, 0.3) is 5.91 Å². The molecule has 4 aromatic carbocycles. The third kappa shape index (κ3) is 7.05. The third-order valence-corrected chi connectivity index (χ3v) is 8.62. The number of nitrogens with one attached hydrogen (secondary N) is 1. The Bertz CT molecular complexity index is 1450. The van der Waals surface area contributed by atoms with Crippen molar-refractivity contribution in [2.45, 2.75) is 25.9 Å². The zero-order valence-corrected chi connectivity index (χ0v) is 26.9. The van der Waals surface area contributed by atoms with Crippen molar-refractivity contribution in [2.75, 3.05) is 37.0 Å². The van der Waals surface area contributed by atoms with Gasteiger partial charge in [-0.1, -0.05) is 56.1 Å². The first-order chi connectivity index (χ1) is 20.3. The van der Waals surface area contributed by atoms with Crippen LogP contribution in [0, 0.1) is 0 Å². The smallest absolute Gasteiger partial charge is 0.337 e. The lowest BCUT2D eigenvalue weighted by Gasteiger charge is -2.19. The number of ether oxygens (including phenoxy) is 1. The number of carbonyl (C=O) groups excluding carboxylic acids is 2. The molecule has 0 aromatic heterocycles. The number of rotatable bonds is 6. The minimum absolute atomic E-state index is 0.0436. The lowest BCUT2D eigenvalue weighted by molar-refractivity contribution is 0.0600. The highest BCUT2D eigenvalue weighted by molar-refractivity contribution is 9.10. The van der Waals surface area contributed by atoms with E-state index in [0.717, 1.165) is 48.0 Å². The van der Waals surface area contributed by atoms with Gasteiger partial charge >= 0.3 is 5.97 Å². The zero-order valence-electron chi connectivity index (χ0n) is 23.7. The minimum Gasteiger partial charge on any atom is -0.465 e. The van der Waals surface area contributed by atoms with Crippen LogP contribution in [-0.4, -0.2) is 39.1 Å². The molecule has 42 heavy (non-hydrogen) atoms. The van der Waals surface area contributed by atoms with Crippen molar-refractivity contribution in [3.05, 3.63) is 127 Å². The van der Waals surface area contributed by atoms with Gasteiger partial charge in [0.05, 0.1) is 12.7 Å². The van der Waals surface area contributed by atoms with Crippen molar-refractivity contribution in [3.8, 4) is 0 Å². The molecule has 8 heteroatoms. The van der Waals surface area contributed by atoms with Crippen LogP contribution in [-0.2, 0) is 30.7 Å². The lowest BCUT2D eigenvalue weighted by Crippen LogP contribution is -2.20. The summed E-state index contributed by atoms with van der Waals surface area (Å²) in [5.41, 5.74) is 9.10. The Morgan fingerprint density at radius 3 is 1.60 bits per heavy atom. The summed E-state index contributed by atoms with van der Waals surface area (Å²) in [5, 5.41) is 2.64. The van der Waals surface area contributed by atoms with Crippen molar-refractivity contribution < 1.29 is 14.3 Å². The highest BCUT2D eigenvalue weighted by atomic mass is 79.9. The van der Waals surface area contributed by atoms with Gasteiger partial charge in [-0.2, -0.15) is 0 Å². The van der Waals surface area contributed by atoms with Crippen LogP contribution >= 0.6 is 31.9 Å². The Morgan fingerprint density at radius 1 is 0.714 bits per heavy atom. The highest BCUT2D eigenvalue weighted by Gasteiger charge is 2.20. The Labute approximate surface area is 263 Å². The van der Waals surface area contributed by atoms with Gasteiger partial charge in [-0.25, -0.2) is 4.79 Å².